The Morgan fingerprint density at radius 3 is 2.47 bits per heavy atom. The van der Waals surface area contributed by atoms with Gasteiger partial charge >= 0.3 is 0 Å². The quantitative estimate of drug-likeness (QED) is 0.902. The van der Waals surface area contributed by atoms with E-state index in [1.54, 1.807) is 0 Å². The zero-order valence-electron chi connectivity index (χ0n) is 11.6. The average Bonchev–Trinajstić information content (AvgIpc) is 2.96. The van der Waals surface area contributed by atoms with Crippen molar-refractivity contribution >= 4 is 5.91 Å². The van der Waals surface area contributed by atoms with Gasteiger partial charge in [0, 0.05) is 17.6 Å². The third-order valence-corrected chi connectivity index (χ3v) is 4.70. The molecule has 0 bridgehead atoms. The second-order valence-electron chi connectivity index (χ2n) is 5.97. The van der Waals surface area contributed by atoms with Gasteiger partial charge in [-0.15, -0.1) is 0 Å². The van der Waals surface area contributed by atoms with Crippen LogP contribution in [0, 0.1) is 6.92 Å². The predicted molar refractivity (Wildman–Crippen MR) is 76.3 cm³/mol. The number of fused-ring (bicyclic) bond motifs is 1. The van der Waals surface area contributed by atoms with E-state index in [2.05, 4.69) is 10.2 Å². The van der Waals surface area contributed by atoms with E-state index < -0.39 is 0 Å². The van der Waals surface area contributed by atoms with Crippen LogP contribution in [0.2, 0.25) is 0 Å². The molecule has 2 fully saturated rings. The van der Waals surface area contributed by atoms with E-state index in [1.807, 2.05) is 31.2 Å². The van der Waals surface area contributed by atoms with Gasteiger partial charge in [0.2, 0.25) is 0 Å². The van der Waals surface area contributed by atoms with Crippen LogP contribution in [0.25, 0.3) is 0 Å². The summed E-state index contributed by atoms with van der Waals surface area (Å²) < 4.78 is 0. The molecule has 0 saturated carbocycles. The van der Waals surface area contributed by atoms with Crippen molar-refractivity contribution < 1.29 is 4.79 Å². The van der Waals surface area contributed by atoms with Gasteiger partial charge in [-0.05, 0) is 57.8 Å². The van der Waals surface area contributed by atoms with Crippen LogP contribution in [0.5, 0.6) is 0 Å². The summed E-state index contributed by atoms with van der Waals surface area (Å²) in [6, 6.07) is 7.79. The molecule has 1 aromatic carbocycles. The number of amides is 1. The van der Waals surface area contributed by atoms with Gasteiger partial charge in [-0.3, -0.25) is 9.69 Å². The number of nitrogens with one attached hydrogen (secondary N) is 1. The summed E-state index contributed by atoms with van der Waals surface area (Å²) in [6.07, 6.45) is 5.03. The van der Waals surface area contributed by atoms with Gasteiger partial charge in [-0.2, -0.15) is 0 Å². The maximum Gasteiger partial charge on any atom is 0.251 e. The van der Waals surface area contributed by atoms with E-state index >= 15 is 0 Å². The van der Waals surface area contributed by atoms with Crippen molar-refractivity contribution in [1.29, 1.82) is 0 Å². The molecule has 1 N–H and O–H groups in total. The Hall–Kier alpha value is -1.35. The number of nitrogens with zero attached hydrogens (tertiary/aromatic N) is 1. The molecule has 0 aliphatic carbocycles. The number of carbonyl (C=O) groups excluding carboxylic acids is 1. The van der Waals surface area contributed by atoms with E-state index in [0.717, 1.165) is 12.1 Å². The number of benzene rings is 1. The minimum atomic E-state index is 0.0631. The normalized spacial score (nSPS) is 21.3. The van der Waals surface area contributed by atoms with Crippen LogP contribution in [-0.4, -0.2) is 36.0 Å². The summed E-state index contributed by atoms with van der Waals surface area (Å²) in [6.45, 7) is 5.26. The molecule has 2 aliphatic rings. The molecular formula is C16H22N2O. The SMILES string of the molecule is Cc1ccc(C(=O)NCC23CCCN2CCC3)cc1. The van der Waals surface area contributed by atoms with Crippen molar-refractivity contribution in [1.82, 2.24) is 10.2 Å². The smallest absolute Gasteiger partial charge is 0.251 e. The zero-order chi connectivity index (χ0) is 13.3. The predicted octanol–water partition coefficient (Wildman–Crippen LogP) is 2.35. The first-order valence-corrected chi connectivity index (χ1v) is 7.30. The van der Waals surface area contributed by atoms with Crippen LogP contribution in [0.15, 0.2) is 24.3 Å². The third kappa shape index (κ3) is 2.39. The number of hydrogen-bond donors (Lipinski definition) is 1. The van der Waals surface area contributed by atoms with Crippen molar-refractivity contribution in [3.63, 3.8) is 0 Å². The van der Waals surface area contributed by atoms with Crippen molar-refractivity contribution in [3.05, 3.63) is 35.4 Å². The summed E-state index contributed by atoms with van der Waals surface area (Å²) in [4.78, 5) is 14.7. The molecule has 0 aromatic heterocycles. The van der Waals surface area contributed by atoms with Gasteiger partial charge < -0.3 is 5.32 Å². The molecule has 1 aromatic rings. The van der Waals surface area contributed by atoms with Gasteiger partial charge in [0.05, 0.1) is 0 Å². The fraction of sp³-hybridized carbons (Fsp3) is 0.562. The van der Waals surface area contributed by atoms with Crippen LogP contribution in [-0.2, 0) is 0 Å². The third-order valence-electron chi connectivity index (χ3n) is 4.70. The Morgan fingerprint density at radius 2 is 1.84 bits per heavy atom. The van der Waals surface area contributed by atoms with Crippen molar-refractivity contribution in [2.75, 3.05) is 19.6 Å². The summed E-state index contributed by atoms with van der Waals surface area (Å²) in [5.41, 5.74) is 2.22. The molecule has 0 spiro atoms. The van der Waals surface area contributed by atoms with Crippen LogP contribution < -0.4 is 5.32 Å². The Bertz CT molecular complexity index is 456. The number of aryl methyl sites for hydroxylation is 1. The zero-order valence-corrected chi connectivity index (χ0v) is 11.6. The number of rotatable bonds is 3. The molecule has 1 amide bonds. The van der Waals surface area contributed by atoms with Gasteiger partial charge in [0.1, 0.15) is 0 Å². The molecule has 102 valence electrons. The highest BCUT2D eigenvalue weighted by Gasteiger charge is 2.44. The van der Waals surface area contributed by atoms with Crippen molar-refractivity contribution in [2.24, 2.45) is 0 Å². The highest BCUT2D eigenvalue weighted by molar-refractivity contribution is 5.94. The highest BCUT2D eigenvalue weighted by Crippen LogP contribution is 2.38. The van der Waals surface area contributed by atoms with E-state index in [9.17, 15) is 4.79 Å². The summed E-state index contributed by atoms with van der Waals surface area (Å²) in [5.74, 6) is 0.0631. The standard InChI is InChI=1S/C16H22N2O/c1-13-4-6-14(7-5-13)15(19)17-12-16-8-2-10-18(16)11-3-9-16/h4-7H,2-3,8-12H2,1H3,(H,17,19). The van der Waals surface area contributed by atoms with E-state index in [4.69, 9.17) is 0 Å². The molecule has 0 atom stereocenters. The fourth-order valence-corrected chi connectivity index (χ4v) is 3.57. The van der Waals surface area contributed by atoms with Gasteiger partial charge in [-0.25, -0.2) is 0 Å². The molecule has 3 heteroatoms. The molecule has 19 heavy (non-hydrogen) atoms. The minimum Gasteiger partial charge on any atom is -0.350 e. The van der Waals surface area contributed by atoms with Crippen LogP contribution in [0.1, 0.15) is 41.6 Å². The lowest BCUT2D eigenvalue weighted by molar-refractivity contribution is 0.0919. The summed E-state index contributed by atoms with van der Waals surface area (Å²) in [7, 11) is 0. The van der Waals surface area contributed by atoms with E-state index in [-0.39, 0.29) is 11.4 Å². The van der Waals surface area contributed by atoms with Gasteiger partial charge in [0.15, 0.2) is 0 Å². The summed E-state index contributed by atoms with van der Waals surface area (Å²) in [5, 5.41) is 3.14. The van der Waals surface area contributed by atoms with Crippen molar-refractivity contribution in [3.8, 4) is 0 Å². The van der Waals surface area contributed by atoms with Crippen LogP contribution in [0.3, 0.4) is 0 Å². The molecule has 3 nitrogen and oxygen atoms in total. The lowest BCUT2D eigenvalue weighted by Gasteiger charge is -2.32. The maximum absolute atomic E-state index is 12.2. The molecule has 0 unspecified atom stereocenters. The Labute approximate surface area is 115 Å². The molecule has 2 heterocycles. The Kier molecular flexibility index (Phi) is 3.31. The van der Waals surface area contributed by atoms with Gasteiger partial charge in [0.25, 0.3) is 5.91 Å². The fourth-order valence-electron chi connectivity index (χ4n) is 3.57. The Balaban J connectivity index is 1.63. The molecule has 0 radical (unpaired) electrons. The number of carbonyl (C=O) groups is 1. The second kappa shape index (κ2) is 4.97. The summed E-state index contributed by atoms with van der Waals surface area (Å²) >= 11 is 0. The maximum atomic E-state index is 12.2. The highest BCUT2D eigenvalue weighted by atomic mass is 16.1. The Morgan fingerprint density at radius 1 is 1.21 bits per heavy atom. The molecule has 2 saturated heterocycles. The largest absolute Gasteiger partial charge is 0.350 e. The van der Waals surface area contributed by atoms with E-state index in [0.29, 0.717) is 0 Å². The van der Waals surface area contributed by atoms with Crippen LogP contribution >= 0.6 is 0 Å². The van der Waals surface area contributed by atoms with Crippen LogP contribution in [0.4, 0.5) is 0 Å². The first kappa shape index (κ1) is 12.7. The lowest BCUT2D eigenvalue weighted by Crippen LogP contribution is -2.48. The number of hydrogen-bond acceptors (Lipinski definition) is 2. The lowest BCUT2D eigenvalue weighted by atomic mass is 9.94. The average molecular weight is 258 g/mol. The molecule has 3 rings (SSSR count). The topological polar surface area (TPSA) is 32.3 Å². The first-order chi connectivity index (χ1) is 9.20. The first-order valence-electron chi connectivity index (χ1n) is 7.30. The van der Waals surface area contributed by atoms with Crippen molar-refractivity contribution in [2.45, 2.75) is 38.1 Å². The molecule has 2 aliphatic heterocycles. The second-order valence-corrected chi connectivity index (χ2v) is 5.97. The van der Waals surface area contributed by atoms with Gasteiger partial charge in [-0.1, -0.05) is 17.7 Å². The van der Waals surface area contributed by atoms with E-state index in [1.165, 1.54) is 44.3 Å². The molecular weight excluding hydrogens is 236 g/mol. The monoisotopic (exact) mass is 258 g/mol. The minimum absolute atomic E-state index is 0.0631.